The Hall–Kier alpha value is -1.14. The molecule has 0 aliphatic carbocycles. The average Bonchev–Trinajstić information content (AvgIpc) is 2.59. The molecule has 1 saturated heterocycles. The molecule has 1 aliphatic rings. The predicted molar refractivity (Wildman–Crippen MR) is 75.3 cm³/mol. The monoisotopic (exact) mass is 283 g/mol. The third-order valence-corrected chi connectivity index (χ3v) is 3.71. The maximum absolute atomic E-state index is 11.7. The van der Waals surface area contributed by atoms with Crippen LogP contribution < -0.4 is 5.32 Å². The molecule has 1 aromatic rings. The van der Waals surface area contributed by atoms with Crippen LogP contribution in [0.5, 0.6) is 0 Å². The second-order valence-corrected chi connectivity index (χ2v) is 6.79. The summed E-state index contributed by atoms with van der Waals surface area (Å²) in [6.07, 6.45) is -0.226. The van der Waals surface area contributed by atoms with E-state index in [2.05, 4.69) is 10.3 Å². The van der Waals surface area contributed by atoms with Crippen LogP contribution in [0.3, 0.4) is 0 Å². The van der Waals surface area contributed by atoms with E-state index in [1.165, 1.54) is 0 Å². The third-order valence-electron chi connectivity index (χ3n) is 2.74. The molecule has 19 heavy (non-hydrogen) atoms. The summed E-state index contributed by atoms with van der Waals surface area (Å²) in [6, 6.07) is 0.344. The Balaban J connectivity index is 1.67. The number of carbonyl (C=O) groups is 1. The van der Waals surface area contributed by atoms with Crippen LogP contribution in [0.1, 0.15) is 31.5 Å². The van der Waals surface area contributed by atoms with E-state index >= 15 is 0 Å². The number of nitrogens with one attached hydrogen (secondary N) is 1. The second kappa shape index (κ2) is 5.46. The largest absolute Gasteiger partial charge is 0.444 e. The van der Waals surface area contributed by atoms with Crippen LogP contribution in [-0.4, -0.2) is 40.7 Å². The number of aromatic nitrogens is 1. The zero-order chi connectivity index (χ0) is 14.0. The van der Waals surface area contributed by atoms with Crippen LogP contribution in [0.4, 0.5) is 4.79 Å². The summed E-state index contributed by atoms with van der Waals surface area (Å²) in [6.45, 7) is 9.82. The molecule has 2 rings (SSSR count). The molecule has 6 heteroatoms. The summed E-state index contributed by atoms with van der Waals surface area (Å²) in [5, 5.41) is 6.53. The molecule has 1 fully saturated rings. The number of likely N-dealkylation sites (tertiary alicyclic amines) is 1. The summed E-state index contributed by atoms with van der Waals surface area (Å²) in [5.41, 5.74) is 0.638. The van der Waals surface area contributed by atoms with Crippen molar-refractivity contribution >= 4 is 17.4 Å². The molecule has 1 aliphatic heterocycles. The lowest BCUT2D eigenvalue weighted by Crippen LogP contribution is -2.60. The molecule has 1 aromatic heterocycles. The lowest BCUT2D eigenvalue weighted by Gasteiger charge is -2.40. The summed E-state index contributed by atoms with van der Waals surface area (Å²) >= 11 is 1.66. The van der Waals surface area contributed by atoms with Gasteiger partial charge >= 0.3 is 6.09 Å². The van der Waals surface area contributed by atoms with Gasteiger partial charge in [0.05, 0.1) is 0 Å². The highest BCUT2D eigenvalue weighted by Crippen LogP contribution is 2.16. The Morgan fingerprint density at radius 1 is 1.58 bits per heavy atom. The van der Waals surface area contributed by atoms with E-state index in [1.807, 2.05) is 33.1 Å². The molecule has 1 amide bonds. The van der Waals surface area contributed by atoms with Gasteiger partial charge in [-0.1, -0.05) is 0 Å². The van der Waals surface area contributed by atoms with Gasteiger partial charge in [-0.25, -0.2) is 9.78 Å². The molecule has 0 bridgehead atoms. The number of amides is 1. The SMILES string of the molecule is Cc1csc(CNC2CN(C(=O)OC(C)(C)C)C2)n1. The minimum Gasteiger partial charge on any atom is -0.444 e. The molecule has 0 spiro atoms. The van der Waals surface area contributed by atoms with Gasteiger partial charge < -0.3 is 15.0 Å². The van der Waals surface area contributed by atoms with Crippen molar-refractivity contribution in [2.75, 3.05) is 13.1 Å². The molecule has 0 unspecified atom stereocenters. The zero-order valence-corrected chi connectivity index (χ0v) is 12.7. The number of ether oxygens (including phenoxy) is 1. The van der Waals surface area contributed by atoms with Gasteiger partial charge in [0.1, 0.15) is 10.6 Å². The van der Waals surface area contributed by atoms with E-state index in [1.54, 1.807) is 16.2 Å². The summed E-state index contributed by atoms with van der Waals surface area (Å²) in [5.74, 6) is 0. The van der Waals surface area contributed by atoms with Crippen molar-refractivity contribution in [3.63, 3.8) is 0 Å². The molecular weight excluding hydrogens is 262 g/mol. The normalized spacial score (nSPS) is 16.3. The molecule has 2 heterocycles. The molecule has 106 valence electrons. The van der Waals surface area contributed by atoms with Crippen molar-refractivity contribution in [2.45, 2.75) is 45.9 Å². The molecule has 5 nitrogen and oxygen atoms in total. The minimum absolute atomic E-state index is 0.226. The van der Waals surface area contributed by atoms with Crippen LogP contribution >= 0.6 is 11.3 Å². The van der Waals surface area contributed by atoms with E-state index in [0.717, 1.165) is 17.2 Å². The zero-order valence-electron chi connectivity index (χ0n) is 11.9. The first-order chi connectivity index (χ1) is 8.83. The van der Waals surface area contributed by atoms with Crippen LogP contribution in [0.2, 0.25) is 0 Å². The van der Waals surface area contributed by atoms with Gasteiger partial charge in [0.25, 0.3) is 0 Å². The molecule has 0 saturated carbocycles. The lowest BCUT2D eigenvalue weighted by molar-refractivity contribution is 0.00519. The Bertz CT molecular complexity index is 447. The van der Waals surface area contributed by atoms with Gasteiger partial charge in [-0.2, -0.15) is 0 Å². The van der Waals surface area contributed by atoms with Crippen molar-refractivity contribution < 1.29 is 9.53 Å². The maximum Gasteiger partial charge on any atom is 0.410 e. The van der Waals surface area contributed by atoms with Crippen LogP contribution in [0.15, 0.2) is 5.38 Å². The fourth-order valence-corrected chi connectivity index (χ4v) is 2.52. The second-order valence-electron chi connectivity index (χ2n) is 5.85. The quantitative estimate of drug-likeness (QED) is 0.923. The van der Waals surface area contributed by atoms with Crippen molar-refractivity contribution in [1.82, 2.24) is 15.2 Å². The van der Waals surface area contributed by atoms with Crippen molar-refractivity contribution in [2.24, 2.45) is 0 Å². The number of rotatable bonds is 3. The number of carbonyl (C=O) groups excluding carboxylic acids is 1. The smallest absolute Gasteiger partial charge is 0.410 e. The highest BCUT2D eigenvalue weighted by molar-refractivity contribution is 7.09. The Kier molecular flexibility index (Phi) is 4.10. The van der Waals surface area contributed by atoms with Gasteiger partial charge in [-0.05, 0) is 27.7 Å². The first-order valence-corrected chi connectivity index (χ1v) is 7.34. The number of nitrogens with zero attached hydrogens (tertiary/aromatic N) is 2. The highest BCUT2D eigenvalue weighted by Gasteiger charge is 2.33. The molecule has 0 atom stereocenters. The number of hydrogen-bond acceptors (Lipinski definition) is 5. The van der Waals surface area contributed by atoms with Crippen LogP contribution in [0.25, 0.3) is 0 Å². The predicted octanol–water partition coefficient (Wildman–Crippen LogP) is 2.16. The number of hydrogen-bond donors (Lipinski definition) is 1. The number of aryl methyl sites for hydroxylation is 1. The fraction of sp³-hybridized carbons (Fsp3) is 0.692. The van der Waals surface area contributed by atoms with Crippen LogP contribution in [0, 0.1) is 6.92 Å². The third kappa shape index (κ3) is 4.18. The molecule has 0 aromatic carbocycles. The van der Waals surface area contributed by atoms with Crippen molar-refractivity contribution in [1.29, 1.82) is 0 Å². The summed E-state index contributed by atoms with van der Waals surface area (Å²) in [7, 11) is 0. The minimum atomic E-state index is -0.423. The fourth-order valence-electron chi connectivity index (χ4n) is 1.80. The van der Waals surface area contributed by atoms with E-state index in [0.29, 0.717) is 19.1 Å². The Morgan fingerprint density at radius 2 is 2.26 bits per heavy atom. The van der Waals surface area contributed by atoms with E-state index in [4.69, 9.17) is 4.74 Å². The lowest BCUT2D eigenvalue weighted by atomic mass is 10.1. The Labute approximate surface area is 118 Å². The summed E-state index contributed by atoms with van der Waals surface area (Å²) in [4.78, 5) is 17.8. The van der Waals surface area contributed by atoms with Gasteiger partial charge in [0, 0.05) is 36.8 Å². The van der Waals surface area contributed by atoms with Gasteiger partial charge in [0.2, 0.25) is 0 Å². The highest BCUT2D eigenvalue weighted by atomic mass is 32.1. The van der Waals surface area contributed by atoms with Crippen molar-refractivity contribution in [3.8, 4) is 0 Å². The van der Waals surface area contributed by atoms with Crippen LogP contribution in [-0.2, 0) is 11.3 Å². The molecular formula is C13H21N3O2S. The van der Waals surface area contributed by atoms with E-state index in [9.17, 15) is 4.79 Å². The van der Waals surface area contributed by atoms with E-state index in [-0.39, 0.29) is 6.09 Å². The van der Waals surface area contributed by atoms with Crippen molar-refractivity contribution in [3.05, 3.63) is 16.1 Å². The molecule has 0 radical (unpaired) electrons. The van der Waals surface area contributed by atoms with Gasteiger partial charge in [-0.3, -0.25) is 0 Å². The number of thiazole rings is 1. The molecule has 1 N–H and O–H groups in total. The first-order valence-electron chi connectivity index (χ1n) is 6.46. The maximum atomic E-state index is 11.7. The van der Waals surface area contributed by atoms with Gasteiger partial charge in [0.15, 0.2) is 0 Å². The summed E-state index contributed by atoms with van der Waals surface area (Å²) < 4.78 is 5.30. The average molecular weight is 283 g/mol. The first kappa shape index (κ1) is 14.3. The standard InChI is InChI=1S/C13H21N3O2S/c1-9-8-19-11(15-9)5-14-10-6-16(7-10)12(17)18-13(2,3)4/h8,10,14H,5-7H2,1-4H3. The topological polar surface area (TPSA) is 54.5 Å². The Morgan fingerprint density at radius 3 is 2.79 bits per heavy atom. The van der Waals surface area contributed by atoms with Gasteiger partial charge in [-0.15, -0.1) is 11.3 Å². The van der Waals surface area contributed by atoms with E-state index < -0.39 is 5.60 Å².